The molecule has 0 radical (unpaired) electrons. The first-order valence-corrected chi connectivity index (χ1v) is 8.05. The topological polar surface area (TPSA) is 70.6 Å². The lowest BCUT2D eigenvalue weighted by molar-refractivity contribution is -0.115. The lowest BCUT2D eigenvalue weighted by Gasteiger charge is -2.29. The summed E-state index contributed by atoms with van der Waals surface area (Å²) < 4.78 is 5.10. The van der Waals surface area contributed by atoms with E-state index in [2.05, 4.69) is 16.7 Å². The number of methoxy groups -OCH3 is 1. The number of rotatable bonds is 6. The summed E-state index contributed by atoms with van der Waals surface area (Å²) in [5.41, 5.74) is 2.50. The van der Waals surface area contributed by atoms with Crippen LogP contribution in [0.1, 0.15) is 17.5 Å². The van der Waals surface area contributed by atoms with Gasteiger partial charge >= 0.3 is 0 Å². The van der Waals surface area contributed by atoms with Crippen LogP contribution in [0.15, 0.2) is 48.5 Å². The summed E-state index contributed by atoms with van der Waals surface area (Å²) in [5.74, 6) is 0.602. The van der Waals surface area contributed by atoms with Crippen LogP contribution < -0.4 is 15.4 Å². The fourth-order valence-corrected chi connectivity index (χ4v) is 3.22. The minimum Gasteiger partial charge on any atom is -0.497 e. The summed E-state index contributed by atoms with van der Waals surface area (Å²) in [6, 6.07) is 15.2. The SMILES string of the molecule is COc1ccc(NC(=O)CNC2(CO)CCc3ccccc32)cc1. The highest BCUT2D eigenvalue weighted by Gasteiger charge is 2.37. The van der Waals surface area contributed by atoms with E-state index in [1.807, 2.05) is 18.2 Å². The van der Waals surface area contributed by atoms with Crippen LogP contribution in [0.2, 0.25) is 0 Å². The molecule has 5 nitrogen and oxygen atoms in total. The number of ether oxygens (including phenoxy) is 1. The van der Waals surface area contributed by atoms with Crippen molar-refractivity contribution < 1.29 is 14.6 Å². The molecule has 0 saturated carbocycles. The second-order valence-corrected chi connectivity index (χ2v) is 6.03. The fraction of sp³-hybridized carbons (Fsp3) is 0.316. The molecule has 1 unspecified atom stereocenters. The van der Waals surface area contributed by atoms with E-state index in [0.29, 0.717) is 5.69 Å². The van der Waals surface area contributed by atoms with Crippen LogP contribution in [0.4, 0.5) is 5.69 Å². The normalized spacial score (nSPS) is 18.9. The van der Waals surface area contributed by atoms with E-state index >= 15 is 0 Å². The molecule has 1 aliphatic carbocycles. The molecular weight excluding hydrogens is 304 g/mol. The van der Waals surface area contributed by atoms with Gasteiger partial charge in [-0.3, -0.25) is 10.1 Å². The Kier molecular flexibility index (Phi) is 4.83. The number of fused-ring (bicyclic) bond motifs is 1. The molecule has 1 atom stereocenters. The average molecular weight is 326 g/mol. The molecule has 0 saturated heterocycles. The second kappa shape index (κ2) is 7.03. The first-order chi connectivity index (χ1) is 11.7. The summed E-state index contributed by atoms with van der Waals surface area (Å²) in [6.45, 7) is 0.112. The maximum absolute atomic E-state index is 12.2. The summed E-state index contributed by atoms with van der Waals surface area (Å²) in [4.78, 5) is 12.2. The van der Waals surface area contributed by atoms with Crippen LogP contribution in [-0.2, 0) is 16.8 Å². The third-order valence-corrected chi connectivity index (χ3v) is 4.59. The molecule has 2 aromatic rings. The number of aliphatic hydroxyl groups is 1. The Bertz CT molecular complexity index is 715. The van der Waals surface area contributed by atoms with Crippen molar-refractivity contribution in [3.8, 4) is 5.75 Å². The standard InChI is InChI=1S/C19H22N2O3/c1-24-16-8-6-15(7-9-16)21-18(23)12-20-19(13-22)11-10-14-4-2-3-5-17(14)19/h2-9,20,22H,10-13H2,1H3,(H,21,23). The van der Waals surface area contributed by atoms with Crippen molar-refractivity contribution in [2.24, 2.45) is 0 Å². The largest absolute Gasteiger partial charge is 0.497 e. The van der Waals surface area contributed by atoms with Crippen molar-refractivity contribution in [1.29, 1.82) is 0 Å². The zero-order valence-corrected chi connectivity index (χ0v) is 13.7. The van der Waals surface area contributed by atoms with Gasteiger partial charge in [-0.05, 0) is 48.2 Å². The Morgan fingerprint density at radius 1 is 1.21 bits per heavy atom. The van der Waals surface area contributed by atoms with Crippen LogP contribution in [-0.4, -0.2) is 31.3 Å². The summed E-state index contributed by atoms with van der Waals surface area (Å²) in [6.07, 6.45) is 1.70. The Labute approximate surface area is 141 Å². The zero-order valence-electron chi connectivity index (χ0n) is 13.7. The molecule has 0 aliphatic heterocycles. The van der Waals surface area contributed by atoms with Crippen LogP contribution >= 0.6 is 0 Å². The predicted octanol–water partition coefficient (Wildman–Crippen LogP) is 2.06. The van der Waals surface area contributed by atoms with Crippen LogP contribution in [0.5, 0.6) is 5.75 Å². The summed E-state index contributed by atoms with van der Waals surface area (Å²) in [7, 11) is 1.60. The quantitative estimate of drug-likeness (QED) is 0.760. The molecule has 0 fully saturated rings. The van der Waals surface area contributed by atoms with Gasteiger partial charge in [-0.15, -0.1) is 0 Å². The van der Waals surface area contributed by atoms with Gasteiger partial charge in [0.2, 0.25) is 5.91 Å². The summed E-state index contributed by atoms with van der Waals surface area (Å²) >= 11 is 0. The number of benzene rings is 2. The van der Waals surface area contributed by atoms with Gasteiger partial charge in [0.15, 0.2) is 0 Å². The molecule has 5 heteroatoms. The molecular formula is C19H22N2O3. The third-order valence-electron chi connectivity index (χ3n) is 4.59. The number of anilines is 1. The van der Waals surface area contributed by atoms with Crippen molar-refractivity contribution in [3.63, 3.8) is 0 Å². The van der Waals surface area contributed by atoms with Crippen molar-refractivity contribution >= 4 is 11.6 Å². The van der Waals surface area contributed by atoms with Gasteiger partial charge in [0, 0.05) is 5.69 Å². The zero-order chi connectivity index (χ0) is 17.0. The van der Waals surface area contributed by atoms with Gasteiger partial charge in [-0.1, -0.05) is 24.3 Å². The van der Waals surface area contributed by atoms with Crippen molar-refractivity contribution in [2.45, 2.75) is 18.4 Å². The van der Waals surface area contributed by atoms with Crippen molar-refractivity contribution in [3.05, 3.63) is 59.7 Å². The minimum absolute atomic E-state index is 0.0279. The van der Waals surface area contributed by atoms with Crippen LogP contribution in [0.25, 0.3) is 0 Å². The van der Waals surface area contributed by atoms with Crippen LogP contribution in [0.3, 0.4) is 0 Å². The number of hydrogen-bond donors (Lipinski definition) is 3. The van der Waals surface area contributed by atoms with E-state index in [9.17, 15) is 9.90 Å². The van der Waals surface area contributed by atoms with E-state index in [-0.39, 0.29) is 19.1 Å². The monoisotopic (exact) mass is 326 g/mol. The highest BCUT2D eigenvalue weighted by atomic mass is 16.5. The smallest absolute Gasteiger partial charge is 0.238 e. The second-order valence-electron chi connectivity index (χ2n) is 6.03. The summed E-state index contributed by atoms with van der Waals surface area (Å²) in [5, 5.41) is 16.0. The van der Waals surface area contributed by atoms with Crippen LogP contribution in [0, 0.1) is 0 Å². The molecule has 24 heavy (non-hydrogen) atoms. The molecule has 1 aliphatic rings. The minimum atomic E-state index is -0.534. The molecule has 0 spiro atoms. The van der Waals surface area contributed by atoms with E-state index < -0.39 is 5.54 Å². The van der Waals surface area contributed by atoms with Gasteiger partial charge in [0.05, 0.1) is 25.8 Å². The fourth-order valence-electron chi connectivity index (χ4n) is 3.22. The first-order valence-electron chi connectivity index (χ1n) is 8.05. The Hall–Kier alpha value is -2.37. The molecule has 3 rings (SSSR count). The van der Waals surface area contributed by atoms with Gasteiger partial charge in [0.25, 0.3) is 0 Å². The van der Waals surface area contributed by atoms with Gasteiger partial charge in [-0.25, -0.2) is 0 Å². The maximum Gasteiger partial charge on any atom is 0.238 e. The van der Waals surface area contributed by atoms with Gasteiger partial charge < -0.3 is 15.2 Å². The predicted molar refractivity (Wildman–Crippen MR) is 93.2 cm³/mol. The number of amides is 1. The number of hydrogen-bond acceptors (Lipinski definition) is 4. The van der Waals surface area contributed by atoms with E-state index in [1.165, 1.54) is 5.56 Å². The molecule has 2 aromatic carbocycles. The molecule has 3 N–H and O–H groups in total. The Morgan fingerprint density at radius 2 is 1.96 bits per heavy atom. The Balaban J connectivity index is 1.63. The van der Waals surface area contributed by atoms with Crippen molar-refractivity contribution in [1.82, 2.24) is 5.32 Å². The first kappa shape index (κ1) is 16.5. The molecule has 0 bridgehead atoms. The molecule has 0 aromatic heterocycles. The molecule has 1 amide bonds. The highest BCUT2D eigenvalue weighted by Crippen LogP contribution is 2.36. The number of aliphatic hydroxyl groups excluding tert-OH is 1. The number of carbonyl (C=O) groups is 1. The van der Waals surface area contributed by atoms with Gasteiger partial charge in [-0.2, -0.15) is 0 Å². The van der Waals surface area contributed by atoms with Gasteiger partial charge in [0.1, 0.15) is 5.75 Å². The third kappa shape index (κ3) is 3.27. The van der Waals surface area contributed by atoms with E-state index in [0.717, 1.165) is 24.2 Å². The molecule has 126 valence electrons. The van der Waals surface area contributed by atoms with Crippen molar-refractivity contribution in [2.75, 3.05) is 25.6 Å². The number of carbonyl (C=O) groups excluding carboxylic acids is 1. The van der Waals surface area contributed by atoms with E-state index in [4.69, 9.17) is 4.74 Å². The Morgan fingerprint density at radius 3 is 2.67 bits per heavy atom. The lowest BCUT2D eigenvalue weighted by atomic mass is 9.92. The molecule has 0 heterocycles. The highest BCUT2D eigenvalue weighted by molar-refractivity contribution is 5.92. The maximum atomic E-state index is 12.2. The number of nitrogens with one attached hydrogen (secondary N) is 2. The van der Waals surface area contributed by atoms with E-state index in [1.54, 1.807) is 31.4 Å². The average Bonchev–Trinajstić information content (AvgIpc) is 3.00. The number of aryl methyl sites for hydroxylation is 1. The lowest BCUT2D eigenvalue weighted by Crippen LogP contribution is -2.47.